The average molecular weight is 182 g/mol. The summed E-state index contributed by atoms with van der Waals surface area (Å²) >= 11 is -2.16. The Balaban J connectivity index is 3.22. The van der Waals surface area contributed by atoms with Crippen molar-refractivity contribution in [2.75, 3.05) is 19.7 Å². The van der Waals surface area contributed by atoms with E-state index < -0.39 is 11.4 Å². The highest BCUT2D eigenvalue weighted by molar-refractivity contribution is 7.74. The first-order chi connectivity index (χ1) is 5.16. The maximum atomic E-state index is 10.0. The van der Waals surface area contributed by atoms with Gasteiger partial charge in [-0.05, 0) is 6.92 Å². The molecule has 0 heterocycles. The van der Waals surface area contributed by atoms with Gasteiger partial charge in [0.15, 0.2) is 0 Å². The van der Waals surface area contributed by atoms with Gasteiger partial charge in [0.1, 0.15) is 0 Å². The molecule has 6 heteroatoms. The Morgan fingerprint density at radius 2 is 2.45 bits per heavy atom. The number of nitrogens with one attached hydrogen (secondary N) is 1. The average Bonchev–Trinajstić information content (AvgIpc) is 1.97. The van der Waals surface area contributed by atoms with Gasteiger partial charge >= 0.3 is 11.4 Å². The molecule has 0 fully saturated rings. The van der Waals surface area contributed by atoms with E-state index in [1.807, 2.05) is 6.92 Å². The molecule has 2 atom stereocenters. The molecular weight excluding hydrogens is 168 g/mol. The minimum absolute atomic E-state index is 0.0506. The van der Waals surface area contributed by atoms with Crippen molar-refractivity contribution in [3.63, 3.8) is 0 Å². The van der Waals surface area contributed by atoms with E-state index in [0.717, 1.165) is 0 Å². The van der Waals surface area contributed by atoms with Crippen LogP contribution in [0.4, 0.5) is 0 Å². The first-order valence-corrected chi connectivity index (χ1v) is 4.37. The summed E-state index contributed by atoms with van der Waals surface area (Å²) in [6.07, 6.45) is 0. The standard InChI is InChI=1S/C5H14N2O3S/c1-5(7-3-2-6)4-10-11(8)9/h5,7H,2-4,6H2,1H3,(H,8,9). The molecule has 0 saturated carbocycles. The van der Waals surface area contributed by atoms with Crippen LogP contribution >= 0.6 is 0 Å². The lowest BCUT2D eigenvalue weighted by molar-refractivity contribution is 0.270. The van der Waals surface area contributed by atoms with Crippen LogP contribution in [0.5, 0.6) is 0 Å². The quantitative estimate of drug-likeness (QED) is 0.462. The highest BCUT2D eigenvalue weighted by atomic mass is 32.2. The zero-order valence-corrected chi connectivity index (χ0v) is 7.26. The summed E-state index contributed by atoms with van der Waals surface area (Å²) in [5, 5.41) is 2.99. The van der Waals surface area contributed by atoms with Crippen LogP contribution in [0.2, 0.25) is 0 Å². The molecule has 0 saturated heterocycles. The molecule has 0 aliphatic heterocycles. The molecule has 0 aliphatic carbocycles. The molecular formula is C5H14N2O3S. The normalized spacial score (nSPS) is 16.3. The summed E-state index contributed by atoms with van der Waals surface area (Å²) in [5.41, 5.74) is 5.22. The summed E-state index contributed by atoms with van der Waals surface area (Å²) in [5.74, 6) is 0. The number of hydrogen-bond acceptors (Lipinski definition) is 4. The molecule has 5 nitrogen and oxygen atoms in total. The van der Waals surface area contributed by atoms with Gasteiger partial charge in [0.05, 0.1) is 6.61 Å². The molecule has 0 amide bonds. The maximum absolute atomic E-state index is 10.0. The number of hydrogen-bond donors (Lipinski definition) is 3. The molecule has 0 radical (unpaired) electrons. The van der Waals surface area contributed by atoms with Crippen LogP contribution < -0.4 is 11.1 Å². The summed E-state index contributed by atoms with van der Waals surface area (Å²) in [7, 11) is 0. The summed E-state index contributed by atoms with van der Waals surface area (Å²) in [4.78, 5) is 0. The molecule has 68 valence electrons. The summed E-state index contributed by atoms with van der Waals surface area (Å²) in [6, 6.07) is 0.0506. The van der Waals surface area contributed by atoms with Gasteiger partial charge in [-0.2, -0.15) is 4.21 Å². The molecule has 0 aromatic heterocycles. The molecule has 0 aromatic carbocycles. The van der Waals surface area contributed by atoms with Gasteiger partial charge in [-0.15, -0.1) is 0 Å². The zero-order chi connectivity index (χ0) is 8.69. The first-order valence-electron chi connectivity index (χ1n) is 3.34. The highest BCUT2D eigenvalue weighted by Crippen LogP contribution is 1.85. The van der Waals surface area contributed by atoms with Crippen LogP contribution in [-0.2, 0) is 15.5 Å². The second kappa shape index (κ2) is 6.68. The molecule has 0 rings (SSSR count). The van der Waals surface area contributed by atoms with Crippen molar-refractivity contribution in [2.45, 2.75) is 13.0 Å². The van der Waals surface area contributed by atoms with E-state index in [2.05, 4.69) is 9.50 Å². The van der Waals surface area contributed by atoms with Crippen molar-refractivity contribution >= 4 is 11.4 Å². The fraction of sp³-hybridized carbons (Fsp3) is 1.00. The van der Waals surface area contributed by atoms with Crippen molar-refractivity contribution in [1.29, 1.82) is 0 Å². The lowest BCUT2D eigenvalue weighted by Crippen LogP contribution is -2.34. The van der Waals surface area contributed by atoms with E-state index >= 15 is 0 Å². The van der Waals surface area contributed by atoms with Gasteiger partial charge in [0, 0.05) is 19.1 Å². The molecule has 0 spiro atoms. The Morgan fingerprint density at radius 3 is 2.91 bits per heavy atom. The third-order valence-electron chi connectivity index (χ3n) is 1.06. The van der Waals surface area contributed by atoms with Crippen LogP contribution in [0.15, 0.2) is 0 Å². The van der Waals surface area contributed by atoms with Crippen LogP contribution in [0.25, 0.3) is 0 Å². The van der Waals surface area contributed by atoms with Crippen LogP contribution in [0, 0.1) is 0 Å². The molecule has 4 N–H and O–H groups in total. The Kier molecular flexibility index (Phi) is 6.68. The van der Waals surface area contributed by atoms with Gasteiger partial charge in [-0.3, -0.25) is 8.74 Å². The molecule has 0 bridgehead atoms. The van der Waals surface area contributed by atoms with Crippen LogP contribution in [0.3, 0.4) is 0 Å². The highest BCUT2D eigenvalue weighted by Gasteiger charge is 2.01. The van der Waals surface area contributed by atoms with Crippen molar-refractivity contribution in [3.05, 3.63) is 0 Å². The van der Waals surface area contributed by atoms with Crippen LogP contribution in [-0.4, -0.2) is 34.5 Å². The largest absolute Gasteiger partial charge is 0.329 e. The topological polar surface area (TPSA) is 84.6 Å². The van der Waals surface area contributed by atoms with E-state index in [1.165, 1.54) is 0 Å². The predicted molar refractivity (Wildman–Crippen MR) is 43.2 cm³/mol. The van der Waals surface area contributed by atoms with Crippen LogP contribution in [0.1, 0.15) is 6.92 Å². The molecule has 0 aromatic rings. The van der Waals surface area contributed by atoms with Crippen molar-refractivity contribution < 1.29 is 12.9 Å². The van der Waals surface area contributed by atoms with Crippen molar-refractivity contribution in [3.8, 4) is 0 Å². The van der Waals surface area contributed by atoms with E-state index in [1.54, 1.807) is 0 Å². The third-order valence-corrected chi connectivity index (χ3v) is 1.39. The first kappa shape index (κ1) is 11.0. The SMILES string of the molecule is CC(COS(=O)O)NCCN. The summed E-state index contributed by atoms with van der Waals surface area (Å²) < 4.78 is 22.7. The van der Waals surface area contributed by atoms with E-state index in [0.29, 0.717) is 13.1 Å². The van der Waals surface area contributed by atoms with Gasteiger partial charge in [-0.25, -0.2) is 0 Å². The Hall–Kier alpha value is -0.0100. The minimum atomic E-state index is -2.16. The lowest BCUT2D eigenvalue weighted by Gasteiger charge is -2.10. The van der Waals surface area contributed by atoms with E-state index in [9.17, 15) is 4.21 Å². The smallest absolute Gasteiger partial charge is 0.301 e. The van der Waals surface area contributed by atoms with Gasteiger partial charge in [0.2, 0.25) is 0 Å². The van der Waals surface area contributed by atoms with E-state index in [4.69, 9.17) is 10.3 Å². The Bertz CT molecular complexity index is 122. The number of rotatable bonds is 6. The summed E-state index contributed by atoms with van der Waals surface area (Å²) in [6.45, 7) is 3.29. The van der Waals surface area contributed by atoms with Gasteiger partial charge < -0.3 is 11.1 Å². The molecule has 11 heavy (non-hydrogen) atoms. The fourth-order valence-electron chi connectivity index (χ4n) is 0.549. The zero-order valence-electron chi connectivity index (χ0n) is 6.45. The van der Waals surface area contributed by atoms with Crippen molar-refractivity contribution in [1.82, 2.24) is 5.32 Å². The molecule has 0 aliphatic rings. The number of nitrogens with two attached hydrogens (primary N) is 1. The Morgan fingerprint density at radius 1 is 1.82 bits per heavy atom. The second-order valence-electron chi connectivity index (χ2n) is 2.15. The maximum Gasteiger partial charge on any atom is 0.301 e. The lowest BCUT2D eigenvalue weighted by atomic mass is 10.4. The van der Waals surface area contributed by atoms with Gasteiger partial charge in [0.25, 0.3) is 0 Å². The monoisotopic (exact) mass is 182 g/mol. The molecule has 2 unspecified atom stereocenters. The Labute approximate surface area is 68.8 Å². The fourth-order valence-corrected chi connectivity index (χ4v) is 0.869. The van der Waals surface area contributed by atoms with Gasteiger partial charge in [-0.1, -0.05) is 0 Å². The van der Waals surface area contributed by atoms with E-state index in [-0.39, 0.29) is 12.6 Å². The second-order valence-corrected chi connectivity index (χ2v) is 2.82. The predicted octanol–water partition coefficient (Wildman–Crippen LogP) is -0.923. The van der Waals surface area contributed by atoms with Crippen molar-refractivity contribution in [2.24, 2.45) is 5.73 Å². The third kappa shape index (κ3) is 7.89. The minimum Gasteiger partial charge on any atom is -0.329 e.